The summed E-state index contributed by atoms with van der Waals surface area (Å²) in [6, 6.07) is 1.95. The van der Waals surface area contributed by atoms with Gasteiger partial charge in [0.15, 0.2) is 5.82 Å². The predicted molar refractivity (Wildman–Crippen MR) is 132 cm³/mol. The van der Waals surface area contributed by atoms with E-state index >= 15 is 0 Å². The lowest BCUT2D eigenvalue weighted by atomic mass is 10.1. The first-order valence-corrected chi connectivity index (χ1v) is 11.2. The van der Waals surface area contributed by atoms with Gasteiger partial charge < -0.3 is 16.0 Å². The maximum Gasteiger partial charge on any atom is 0.293 e. The van der Waals surface area contributed by atoms with Crippen molar-refractivity contribution < 1.29 is 4.79 Å². The van der Waals surface area contributed by atoms with E-state index in [1.165, 1.54) is 10.1 Å². The molecule has 3 rings (SSSR count). The molecule has 2 aromatic heterocycles. The van der Waals surface area contributed by atoms with Crippen molar-refractivity contribution in [1.29, 1.82) is 0 Å². The molecule has 0 aromatic carbocycles. The van der Waals surface area contributed by atoms with E-state index in [1.807, 2.05) is 13.0 Å². The number of nitrogens with one attached hydrogen (secondary N) is 3. The van der Waals surface area contributed by atoms with Crippen LogP contribution in [-0.4, -0.2) is 27.0 Å². The predicted octanol–water partition coefficient (Wildman–Crippen LogP) is 3.60. The Morgan fingerprint density at radius 1 is 1.24 bits per heavy atom. The van der Waals surface area contributed by atoms with Crippen LogP contribution in [-0.2, 0) is 17.9 Å². The summed E-state index contributed by atoms with van der Waals surface area (Å²) < 4.78 is 1.44. The van der Waals surface area contributed by atoms with Gasteiger partial charge in [0.2, 0.25) is 5.91 Å². The van der Waals surface area contributed by atoms with Gasteiger partial charge in [0.05, 0.1) is 0 Å². The van der Waals surface area contributed by atoms with Gasteiger partial charge >= 0.3 is 0 Å². The highest BCUT2D eigenvalue weighted by atomic mass is 16.2. The first-order valence-electron chi connectivity index (χ1n) is 11.2. The number of carbonyl (C=O) groups is 1. The highest BCUT2D eigenvalue weighted by Crippen LogP contribution is 2.16. The smallest absolute Gasteiger partial charge is 0.293 e. The summed E-state index contributed by atoms with van der Waals surface area (Å²) in [6.07, 6.45) is 15.5. The minimum atomic E-state index is -0.294. The molecule has 3 N–H and O–H groups in total. The van der Waals surface area contributed by atoms with Crippen molar-refractivity contribution in [2.45, 2.75) is 52.6 Å². The van der Waals surface area contributed by atoms with Gasteiger partial charge in [-0.05, 0) is 62.9 Å². The molecule has 1 aliphatic rings. The number of anilines is 2. The van der Waals surface area contributed by atoms with Crippen LogP contribution < -0.4 is 21.5 Å². The Labute approximate surface area is 194 Å². The SMILES string of the molecule is C=CNc1ncc(CNC(=O)Cn2c(C)cnc(NCCC3=CC=CCCC3)c2=O)cc1C. The van der Waals surface area contributed by atoms with Gasteiger partial charge in [-0.2, -0.15) is 0 Å². The van der Waals surface area contributed by atoms with Crippen molar-refractivity contribution in [2.75, 3.05) is 17.2 Å². The largest absolute Gasteiger partial charge is 0.365 e. The zero-order valence-corrected chi connectivity index (χ0v) is 19.4. The van der Waals surface area contributed by atoms with Crippen molar-refractivity contribution in [3.05, 3.63) is 82.2 Å². The number of aromatic nitrogens is 3. The molecule has 0 bridgehead atoms. The van der Waals surface area contributed by atoms with Crippen molar-refractivity contribution in [1.82, 2.24) is 19.9 Å². The van der Waals surface area contributed by atoms with E-state index in [-0.39, 0.29) is 23.8 Å². The molecule has 0 saturated heterocycles. The molecule has 0 radical (unpaired) electrons. The van der Waals surface area contributed by atoms with Gasteiger partial charge in [-0.25, -0.2) is 9.97 Å². The summed E-state index contributed by atoms with van der Waals surface area (Å²) in [5.41, 5.74) is 3.53. The second-order valence-electron chi connectivity index (χ2n) is 8.10. The van der Waals surface area contributed by atoms with Crippen LogP contribution in [0, 0.1) is 13.8 Å². The molecule has 0 fully saturated rings. The summed E-state index contributed by atoms with van der Waals surface area (Å²) in [7, 11) is 0. The van der Waals surface area contributed by atoms with E-state index in [9.17, 15) is 9.59 Å². The third-order valence-electron chi connectivity index (χ3n) is 5.49. The van der Waals surface area contributed by atoms with E-state index in [0.29, 0.717) is 18.8 Å². The lowest BCUT2D eigenvalue weighted by molar-refractivity contribution is -0.121. The van der Waals surface area contributed by atoms with Gasteiger partial charge in [-0.15, -0.1) is 0 Å². The van der Waals surface area contributed by atoms with Crippen LogP contribution in [0.3, 0.4) is 0 Å². The average molecular weight is 449 g/mol. The van der Waals surface area contributed by atoms with Crippen molar-refractivity contribution in [3.63, 3.8) is 0 Å². The zero-order chi connectivity index (χ0) is 23.6. The number of aryl methyl sites for hydroxylation is 2. The first kappa shape index (κ1) is 24.0. The molecule has 0 atom stereocenters. The summed E-state index contributed by atoms with van der Waals surface area (Å²) in [5, 5.41) is 8.96. The van der Waals surface area contributed by atoms with E-state index in [4.69, 9.17) is 0 Å². The third kappa shape index (κ3) is 6.90. The normalized spacial score (nSPS) is 13.1. The summed E-state index contributed by atoms with van der Waals surface area (Å²) in [4.78, 5) is 34.0. The molecule has 8 nitrogen and oxygen atoms in total. The van der Waals surface area contributed by atoms with Crippen molar-refractivity contribution >= 4 is 17.5 Å². The van der Waals surface area contributed by atoms with Crippen molar-refractivity contribution in [2.24, 2.45) is 0 Å². The number of rotatable bonds is 10. The standard InChI is InChI=1S/C25H32N6O2/c1-4-26-23-18(2)13-21(16-30-23)15-28-22(32)17-31-19(3)14-29-24(25(31)33)27-12-11-20-9-7-5-6-8-10-20/h4-5,7,9,13-14,16H,1,6,8,10-12,15,17H2,2-3H3,(H,26,30)(H,27,29)(H,28,32). The van der Waals surface area contributed by atoms with Gasteiger partial charge in [-0.1, -0.05) is 30.4 Å². The summed E-state index contributed by atoms with van der Waals surface area (Å²) in [6.45, 7) is 8.22. The molecule has 1 amide bonds. The van der Waals surface area contributed by atoms with Crippen molar-refractivity contribution in [3.8, 4) is 0 Å². The highest BCUT2D eigenvalue weighted by molar-refractivity contribution is 5.75. The monoisotopic (exact) mass is 448 g/mol. The Hall–Kier alpha value is -3.68. The molecule has 8 heteroatoms. The lowest BCUT2D eigenvalue weighted by Crippen LogP contribution is -2.34. The Balaban J connectivity index is 1.57. The molecule has 0 saturated carbocycles. The minimum absolute atomic E-state index is 0.0691. The van der Waals surface area contributed by atoms with Crippen LogP contribution in [0.25, 0.3) is 0 Å². The summed E-state index contributed by atoms with van der Waals surface area (Å²) in [5.74, 6) is 0.743. The number of hydrogen-bond donors (Lipinski definition) is 3. The minimum Gasteiger partial charge on any atom is -0.365 e. The highest BCUT2D eigenvalue weighted by Gasteiger charge is 2.12. The topological polar surface area (TPSA) is 101 Å². The van der Waals surface area contributed by atoms with Crippen LogP contribution in [0.2, 0.25) is 0 Å². The molecule has 33 heavy (non-hydrogen) atoms. The number of amides is 1. The Kier molecular flexibility index (Phi) is 8.57. The number of pyridine rings is 1. The van der Waals surface area contributed by atoms with Gasteiger partial charge in [0, 0.05) is 31.2 Å². The molecule has 2 aromatic rings. The molecule has 0 spiro atoms. The van der Waals surface area contributed by atoms with Crippen LogP contribution in [0.4, 0.5) is 11.6 Å². The molecular weight excluding hydrogens is 416 g/mol. The Morgan fingerprint density at radius 2 is 2.06 bits per heavy atom. The molecule has 0 aliphatic heterocycles. The van der Waals surface area contributed by atoms with Gasteiger partial charge in [-0.3, -0.25) is 14.2 Å². The molecule has 174 valence electrons. The third-order valence-corrected chi connectivity index (χ3v) is 5.49. The lowest BCUT2D eigenvalue weighted by Gasteiger charge is -2.13. The van der Waals surface area contributed by atoms with Crippen LogP contribution in [0.1, 0.15) is 42.5 Å². The fraction of sp³-hybridized carbons (Fsp3) is 0.360. The summed E-state index contributed by atoms with van der Waals surface area (Å²) >= 11 is 0. The Morgan fingerprint density at radius 3 is 2.85 bits per heavy atom. The first-order chi connectivity index (χ1) is 16.0. The molecule has 0 unspecified atom stereocenters. The number of hydrogen-bond acceptors (Lipinski definition) is 6. The van der Waals surface area contributed by atoms with E-state index in [0.717, 1.165) is 42.6 Å². The Bertz CT molecular complexity index is 1120. The fourth-order valence-electron chi connectivity index (χ4n) is 3.65. The van der Waals surface area contributed by atoms with E-state index in [2.05, 4.69) is 50.7 Å². The van der Waals surface area contributed by atoms with Gasteiger partial charge in [0.1, 0.15) is 12.4 Å². The van der Waals surface area contributed by atoms with Crippen LogP contribution in [0.15, 0.2) is 59.8 Å². The second kappa shape index (κ2) is 11.8. The van der Waals surface area contributed by atoms with E-state index < -0.39 is 0 Å². The fourth-order valence-corrected chi connectivity index (χ4v) is 3.65. The zero-order valence-electron chi connectivity index (χ0n) is 19.4. The maximum absolute atomic E-state index is 12.9. The maximum atomic E-state index is 12.9. The number of nitrogens with zero attached hydrogens (tertiary/aromatic N) is 3. The molecule has 1 aliphatic carbocycles. The second-order valence-corrected chi connectivity index (χ2v) is 8.10. The molecular formula is C25H32N6O2. The quantitative estimate of drug-likeness (QED) is 0.513. The van der Waals surface area contributed by atoms with Crippen LogP contribution in [0.5, 0.6) is 0 Å². The van der Waals surface area contributed by atoms with Crippen LogP contribution >= 0.6 is 0 Å². The number of carbonyl (C=O) groups excluding carboxylic acids is 1. The van der Waals surface area contributed by atoms with Gasteiger partial charge in [0.25, 0.3) is 5.56 Å². The number of allylic oxidation sites excluding steroid dienone is 3. The van der Waals surface area contributed by atoms with E-state index in [1.54, 1.807) is 25.5 Å². The average Bonchev–Trinajstić information content (AvgIpc) is 3.07. The molecule has 2 heterocycles.